The fourth-order valence-electron chi connectivity index (χ4n) is 2.36. The van der Waals surface area contributed by atoms with Gasteiger partial charge in [-0.2, -0.15) is 0 Å². The van der Waals surface area contributed by atoms with Crippen molar-refractivity contribution in [1.29, 1.82) is 0 Å². The van der Waals surface area contributed by atoms with Crippen LogP contribution >= 0.6 is 11.3 Å². The summed E-state index contributed by atoms with van der Waals surface area (Å²) in [4.78, 5) is 2.73. The molecule has 0 saturated heterocycles. The molecule has 0 spiro atoms. The maximum absolute atomic E-state index is 6.12. The van der Waals surface area contributed by atoms with Gasteiger partial charge in [0.05, 0.1) is 0 Å². The normalized spacial score (nSPS) is 10.9. The third-order valence-corrected chi connectivity index (χ3v) is 4.96. The second-order valence-corrected chi connectivity index (χ2v) is 6.86. The summed E-state index contributed by atoms with van der Waals surface area (Å²) in [6, 6.07) is 6.56. The van der Waals surface area contributed by atoms with E-state index in [9.17, 15) is 0 Å². The predicted octanol–water partition coefficient (Wildman–Crippen LogP) is 4.67. The third kappa shape index (κ3) is 3.86. The number of thiophene rings is 1. The lowest BCUT2D eigenvalue weighted by molar-refractivity contribution is 0.301. The SMILES string of the molecule is CCNCc1cc(COc2c(C)ccc(C)c2C)c(C)s1. The van der Waals surface area contributed by atoms with Crippen LogP contribution in [0.15, 0.2) is 18.2 Å². The monoisotopic (exact) mass is 303 g/mol. The van der Waals surface area contributed by atoms with Crippen molar-refractivity contribution in [2.75, 3.05) is 6.54 Å². The lowest BCUT2D eigenvalue weighted by Gasteiger charge is -2.13. The average molecular weight is 303 g/mol. The molecule has 0 aliphatic rings. The smallest absolute Gasteiger partial charge is 0.125 e. The van der Waals surface area contributed by atoms with E-state index >= 15 is 0 Å². The van der Waals surface area contributed by atoms with E-state index in [0.717, 1.165) is 18.8 Å². The molecule has 114 valence electrons. The molecule has 2 nitrogen and oxygen atoms in total. The molecular weight excluding hydrogens is 278 g/mol. The van der Waals surface area contributed by atoms with Crippen molar-refractivity contribution in [3.05, 3.63) is 50.2 Å². The van der Waals surface area contributed by atoms with Crippen molar-refractivity contribution < 1.29 is 4.74 Å². The number of ether oxygens (including phenoxy) is 1. The standard InChI is InChI=1S/C18H25NOS/c1-6-19-10-17-9-16(15(5)21-17)11-20-18-13(3)8-7-12(2)14(18)4/h7-9,19H,6,10-11H2,1-5H3. The first-order valence-corrected chi connectivity index (χ1v) is 8.33. The van der Waals surface area contributed by atoms with E-state index in [2.05, 4.69) is 58.1 Å². The van der Waals surface area contributed by atoms with Crippen molar-refractivity contribution in [2.24, 2.45) is 0 Å². The average Bonchev–Trinajstić information content (AvgIpc) is 2.81. The van der Waals surface area contributed by atoms with Crippen molar-refractivity contribution in [1.82, 2.24) is 5.32 Å². The Labute approximate surface area is 132 Å². The Bertz CT molecular complexity index is 616. The van der Waals surface area contributed by atoms with Crippen LogP contribution in [0.25, 0.3) is 0 Å². The van der Waals surface area contributed by atoms with Gasteiger partial charge in [0.25, 0.3) is 0 Å². The van der Waals surface area contributed by atoms with Crippen LogP contribution in [0.2, 0.25) is 0 Å². The Morgan fingerprint density at radius 2 is 1.81 bits per heavy atom. The highest BCUT2D eigenvalue weighted by Crippen LogP contribution is 2.28. The Morgan fingerprint density at radius 3 is 2.52 bits per heavy atom. The zero-order chi connectivity index (χ0) is 15.4. The summed E-state index contributed by atoms with van der Waals surface area (Å²) in [7, 11) is 0. The Kier molecular flexibility index (Phi) is 5.43. The van der Waals surface area contributed by atoms with E-state index < -0.39 is 0 Å². The molecule has 1 heterocycles. The quantitative estimate of drug-likeness (QED) is 0.837. The molecular formula is C18H25NOS. The summed E-state index contributed by atoms with van der Waals surface area (Å²) in [5.41, 5.74) is 5.04. The molecule has 0 saturated carbocycles. The van der Waals surface area contributed by atoms with Crippen molar-refractivity contribution in [2.45, 2.75) is 47.8 Å². The molecule has 0 bridgehead atoms. The number of rotatable bonds is 6. The van der Waals surface area contributed by atoms with E-state index in [1.54, 1.807) is 0 Å². The summed E-state index contributed by atoms with van der Waals surface area (Å²) in [5.74, 6) is 1.04. The number of aryl methyl sites for hydroxylation is 3. The van der Waals surface area contributed by atoms with Crippen LogP contribution in [0.4, 0.5) is 0 Å². The second-order valence-electron chi connectivity index (χ2n) is 5.52. The second kappa shape index (κ2) is 7.10. The molecule has 1 aromatic carbocycles. The maximum atomic E-state index is 6.12. The molecule has 0 unspecified atom stereocenters. The zero-order valence-corrected chi connectivity index (χ0v) is 14.5. The summed E-state index contributed by atoms with van der Waals surface area (Å²) in [5, 5.41) is 3.37. The first-order valence-electron chi connectivity index (χ1n) is 7.51. The molecule has 1 N–H and O–H groups in total. The third-order valence-electron chi connectivity index (χ3n) is 3.87. The van der Waals surface area contributed by atoms with Crippen LogP contribution in [0.1, 0.15) is 38.9 Å². The molecule has 0 atom stereocenters. The van der Waals surface area contributed by atoms with Crippen LogP contribution in [-0.2, 0) is 13.2 Å². The van der Waals surface area contributed by atoms with Crippen LogP contribution in [0, 0.1) is 27.7 Å². The van der Waals surface area contributed by atoms with E-state index in [-0.39, 0.29) is 0 Å². The molecule has 0 radical (unpaired) electrons. The fraction of sp³-hybridized carbons (Fsp3) is 0.444. The highest BCUT2D eigenvalue weighted by atomic mass is 32.1. The zero-order valence-electron chi connectivity index (χ0n) is 13.7. The fourth-order valence-corrected chi connectivity index (χ4v) is 3.38. The molecule has 0 fully saturated rings. The Hall–Kier alpha value is -1.32. The highest BCUT2D eigenvalue weighted by molar-refractivity contribution is 7.12. The summed E-state index contributed by atoms with van der Waals surface area (Å²) >= 11 is 1.86. The van der Waals surface area contributed by atoms with E-state index in [4.69, 9.17) is 4.74 Å². The van der Waals surface area contributed by atoms with Gasteiger partial charge in [-0.25, -0.2) is 0 Å². The largest absolute Gasteiger partial charge is 0.488 e. The lowest BCUT2D eigenvalue weighted by atomic mass is 10.1. The first-order chi connectivity index (χ1) is 10.0. The molecule has 0 aliphatic heterocycles. The van der Waals surface area contributed by atoms with Gasteiger partial charge in [-0.05, 0) is 57.0 Å². The minimum Gasteiger partial charge on any atom is -0.488 e. The molecule has 0 amide bonds. The predicted molar refractivity (Wildman–Crippen MR) is 91.4 cm³/mol. The maximum Gasteiger partial charge on any atom is 0.125 e. The molecule has 0 aliphatic carbocycles. The molecule has 2 rings (SSSR count). The summed E-state index contributed by atoms with van der Waals surface area (Å²) in [6.07, 6.45) is 0. The number of hydrogen-bond donors (Lipinski definition) is 1. The van der Waals surface area contributed by atoms with Crippen LogP contribution < -0.4 is 10.1 Å². The minimum absolute atomic E-state index is 0.652. The molecule has 3 heteroatoms. The Morgan fingerprint density at radius 1 is 1.10 bits per heavy atom. The van der Waals surface area contributed by atoms with Gasteiger partial charge >= 0.3 is 0 Å². The van der Waals surface area contributed by atoms with Crippen LogP contribution in [-0.4, -0.2) is 6.54 Å². The van der Waals surface area contributed by atoms with Crippen LogP contribution in [0.5, 0.6) is 5.75 Å². The van der Waals surface area contributed by atoms with Crippen LogP contribution in [0.3, 0.4) is 0 Å². The lowest BCUT2D eigenvalue weighted by Crippen LogP contribution is -2.10. The minimum atomic E-state index is 0.652. The highest BCUT2D eigenvalue weighted by Gasteiger charge is 2.10. The number of nitrogens with one attached hydrogen (secondary N) is 1. The van der Waals surface area contributed by atoms with Gasteiger partial charge in [-0.15, -0.1) is 11.3 Å². The molecule has 21 heavy (non-hydrogen) atoms. The number of hydrogen-bond acceptors (Lipinski definition) is 3. The van der Waals surface area contributed by atoms with Gasteiger partial charge in [-0.1, -0.05) is 19.1 Å². The van der Waals surface area contributed by atoms with Crippen molar-refractivity contribution in [3.63, 3.8) is 0 Å². The van der Waals surface area contributed by atoms with Gasteiger partial charge in [0.1, 0.15) is 12.4 Å². The van der Waals surface area contributed by atoms with Gasteiger partial charge in [0, 0.05) is 21.9 Å². The van der Waals surface area contributed by atoms with Gasteiger partial charge in [-0.3, -0.25) is 0 Å². The van der Waals surface area contributed by atoms with Gasteiger partial charge in [0.2, 0.25) is 0 Å². The summed E-state index contributed by atoms with van der Waals surface area (Å²) < 4.78 is 6.12. The van der Waals surface area contributed by atoms with Gasteiger partial charge in [0.15, 0.2) is 0 Å². The van der Waals surface area contributed by atoms with Gasteiger partial charge < -0.3 is 10.1 Å². The summed E-state index contributed by atoms with van der Waals surface area (Å²) in [6.45, 7) is 13.3. The molecule has 1 aromatic heterocycles. The Balaban J connectivity index is 2.10. The topological polar surface area (TPSA) is 21.3 Å². The first kappa shape index (κ1) is 16.1. The van der Waals surface area contributed by atoms with E-state index in [1.807, 2.05) is 11.3 Å². The number of benzene rings is 1. The van der Waals surface area contributed by atoms with E-state index in [1.165, 1.54) is 32.0 Å². The van der Waals surface area contributed by atoms with Crippen molar-refractivity contribution >= 4 is 11.3 Å². The van der Waals surface area contributed by atoms with Crippen molar-refractivity contribution in [3.8, 4) is 5.75 Å². The molecule has 2 aromatic rings. The van der Waals surface area contributed by atoms with E-state index in [0.29, 0.717) is 6.61 Å².